The summed E-state index contributed by atoms with van der Waals surface area (Å²) in [5.41, 5.74) is 7.63. The molecule has 1 aliphatic rings. The highest BCUT2D eigenvalue weighted by molar-refractivity contribution is 6.02. The van der Waals surface area contributed by atoms with E-state index in [9.17, 15) is 9.59 Å². The Kier molecular flexibility index (Phi) is 6.89. The van der Waals surface area contributed by atoms with Crippen LogP contribution in [0.2, 0.25) is 0 Å². The molecule has 27 heavy (non-hydrogen) atoms. The van der Waals surface area contributed by atoms with E-state index in [0.717, 1.165) is 11.3 Å². The van der Waals surface area contributed by atoms with E-state index in [1.807, 2.05) is 19.0 Å². The van der Waals surface area contributed by atoms with Crippen molar-refractivity contribution in [2.45, 2.75) is 31.4 Å². The van der Waals surface area contributed by atoms with Crippen LogP contribution in [0.15, 0.2) is 29.4 Å². The van der Waals surface area contributed by atoms with E-state index in [1.54, 1.807) is 24.3 Å². The molecular formula is C18H25N5O4. The molecule has 0 unspecified atom stereocenters. The lowest BCUT2D eigenvalue weighted by molar-refractivity contribution is -0.137. The minimum absolute atomic E-state index is 0.00523. The normalized spacial score (nSPS) is 17.1. The number of aliphatic carboxylic acids is 1. The zero-order valence-electron chi connectivity index (χ0n) is 15.4. The smallest absolute Gasteiger partial charge is 0.305 e. The summed E-state index contributed by atoms with van der Waals surface area (Å²) in [6.45, 7) is 0.438. The van der Waals surface area contributed by atoms with Crippen molar-refractivity contribution >= 4 is 23.4 Å². The summed E-state index contributed by atoms with van der Waals surface area (Å²) in [6, 6.07) is 6.62. The van der Waals surface area contributed by atoms with Crippen LogP contribution in [0, 0.1) is 5.41 Å². The van der Waals surface area contributed by atoms with Crippen molar-refractivity contribution in [3.63, 3.8) is 0 Å². The van der Waals surface area contributed by atoms with Gasteiger partial charge in [0.1, 0.15) is 11.9 Å². The number of hydrogen-bond donors (Lipinski definition) is 4. The number of nitrogens with two attached hydrogens (primary N) is 1. The molecule has 0 saturated heterocycles. The minimum atomic E-state index is -0.959. The van der Waals surface area contributed by atoms with Crippen LogP contribution in [0.5, 0.6) is 0 Å². The number of carboxylic acids is 1. The number of hydrogen-bond acceptors (Lipinski definition) is 6. The monoisotopic (exact) mass is 375 g/mol. The number of carbonyl (C=O) groups is 2. The standard InChI is InChI=1S/C18H25N5O4/c1-23(2)10-13(7-17(25)26)21-16(24)9-14-8-15(22-27-14)11-3-5-12(6-4-11)18(19)20/h3-6,13-14H,7-10H2,1-2H3,(H3,19,20)(H,21,24)(H,25,26)/t13-,14+/m0/s1. The first kappa shape index (κ1) is 20.4. The highest BCUT2D eigenvalue weighted by Crippen LogP contribution is 2.19. The Labute approximate surface area is 157 Å². The average Bonchev–Trinajstić information content (AvgIpc) is 3.01. The Morgan fingerprint density at radius 2 is 2.07 bits per heavy atom. The largest absolute Gasteiger partial charge is 0.481 e. The molecule has 0 bridgehead atoms. The second kappa shape index (κ2) is 9.13. The molecule has 9 nitrogen and oxygen atoms in total. The van der Waals surface area contributed by atoms with Crippen LogP contribution in [0.4, 0.5) is 0 Å². The lowest BCUT2D eigenvalue weighted by atomic mass is 10.0. The Hall–Kier alpha value is -2.94. The molecule has 2 atom stereocenters. The summed E-state index contributed by atoms with van der Waals surface area (Å²) >= 11 is 0. The van der Waals surface area contributed by atoms with E-state index in [1.165, 1.54) is 0 Å². The lowest BCUT2D eigenvalue weighted by Crippen LogP contribution is -2.43. The zero-order valence-corrected chi connectivity index (χ0v) is 15.4. The van der Waals surface area contributed by atoms with Crippen molar-refractivity contribution in [1.82, 2.24) is 10.2 Å². The van der Waals surface area contributed by atoms with Crippen LogP contribution < -0.4 is 11.1 Å². The molecule has 0 radical (unpaired) electrons. The topological polar surface area (TPSA) is 141 Å². The fraction of sp³-hybridized carbons (Fsp3) is 0.444. The molecule has 0 spiro atoms. The van der Waals surface area contributed by atoms with Gasteiger partial charge in [0.15, 0.2) is 0 Å². The van der Waals surface area contributed by atoms with E-state index in [-0.39, 0.29) is 24.6 Å². The number of nitrogen functional groups attached to an aromatic ring is 1. The van der Waals surface area contributed by atoms with Gasteiger partial charge in [0.05, 0.1) is 24.6 Å². The number of oxime groups is 1. The summed E-state index contributed by atoms with van der Waals surface area (Å²) < 4.78 is 0. The van der Waals surface area contributed by atoms with Crippen LogP contribution >= 0.6 is 0 Å². The van der Waals surface area contributed by atoms with Gasteiger partial charge >= 0.3 is 5.97 Å². The third-order valence-electron chi connectivity index (χ3n) is 4.05. The van der Waals surface area contributed by atoms with Gasteiger partial charge in [-0.25, -0.2) is 0 Å². The molecule has 9 heteroatoms. The number of benzene rings is 1. The number of amides is 1. The third kappa shape index (κ3) is 6.37. The maximum absolute atomic E-state index is 12.2. The van der Waals surface area contributed by atoms with Crippen molar-refractivity contribution in [2.75, 3.05) is 20.6 Å². The van der Waals surface area contributed by atoms with E-state index in [0.29, 0.717) is 18.5 Å². The van der Waals surface area contributed by atoms with E-state index < -0.39 is 18.1 Å². The quantitative estimate of drug-likeness (QED) is 0.363. The minimum Gasteiger partial charge on any atom is -0.481 e. The number of amidine groups is 1. The first-order valence-corrected chi connectivity index (χ1v) is 8.58. The number of carboxylic acid groups (broad SMARTS) is 1. The van der Waals surface area contributed by atoms with Gasteiger partial charge in [-0.2, -0.15) is 0 Å². The molecular weight excluding hydrogens is 350 g/mol. The Morgan fingerprint density at radius 3 is 2.63 bits per heavy atom. The van der Waals surface area contributed by atoms with Crippen LogP contribution in [-0.4, -0.2) is 66.2 Å². The highest BCUT2D eigenvalue weighted by Gasteiger charge is 2.26. The third-order valence-corrected chi connectivity index (χ3v) is 4.05. The summed E-state index contributed by atoms with van der Waals surface area (Å²) in [5.74, 6) is -1.23. The molecule has 0 aromatic heterocycles. The van der Waals surface area contributed by atoms with Crippen LogP contribution in [0.1, 0.15) is 30.4 Å². The molecule has 0 saturated carbocycles. The molecule has 146 valence electrons. The fourth-order valence-corrected chi connectivity index (χ4v) is 2.86. The highest BCUT2D eigenvalue weighted by atomic mass is 16.6. The molecule has 1 aromatic rings. The van der Waals surface area contributed by atoms with E-state index in [2.05, 4.69) is 10.5 Å². The molecule has 1 aliphatic heterocycles. The number of carbonyl (C=O) groups excluding carboxylic acids is 1. The van der Waals surface area contributed by atoms with Crippen LogP contribution in [0.25, 0.3) is 0 Å². The van der Waals surface area contributed by atoms with Crippen LogP contribution in [-0.2, 0) is 14.4 Å². The summed E-state index contributed by atoms with van der Waals surface area (Å²) in [7, 11) is 3.64. The van der Waals surface area contributed by atoms with E-state index in [4.69, 9.17) is 21.1 Å². The van der Waals surface area contributed by atoms with Crippen molar-refractivity contribution < 1.29 is 19.5 Å². The second-order valence-corrected chi connectivity index (χ2v) is 6.79. The lowest BCUT2D eigenvalue weighted by Gasteiger charge is -2.21. The average molecular weight is 375 g/mol. The maximum Gasteiger partial charge on any atom is 0.305 e. The van der Waals surface area contributed by atoms with Crippen molar-refractivity contribution in [3.8, 4) is 0 Å². The molecule has 2 rings (SSSR count). The summed E-state index contributed by atoms with van der Waals surface area (Å²) in [5, 5.41) is 23.2. The summed E-state index contributed by atoms with van der Waals surface area (Å²) in [4.78, 5) is 30.4. The van der Waals surface area contributed by atoms with Gasteiger partial charge in [-0.15, -0.1) is 0 Å². The van der Waals surface area contributed by atoms with Gasteiger partial charge in [0.25, 0.3) is 0 Å². The first-order chi connectivity index (χ1) is 12.7. The van der Waals surface area contributed by atoms with Gasteiger partial charge in [0, 0.05) is 18.5 Å². The van der Waals surface area contributed by atoms with Crippen LogP contribution in [0.3, 0.4) is 0 Å². The molecule has 1 amide bonds. The van der Waals surface area contributed by atoms with E-state index >= 15 is 0 Å². The number of nitrogens with zero attached hydrogens (tertiary/aromatic N) is 2. The Morgan fingerprint density at radius 1 is 1.41 bits per heavy atom. The van der Waals surface area contributed by atoms with Gasteiger partial charge < -0.3 is 25.9 Å². The second-order valence-electron chi connectivity index (χ2n) is 6.79. The van der Waals surface area contributed by atoms with Crippen molar-refractivity contribution in [3.05, 3.63) is 35.4 Å². The SMILES string of the molecule is CN(C)C[C@H](CC(=O)O)NC(=O)C[C@H]1CC(c2ccc(C(=N)N)cc2)=NO1. The predicted molar refractivity (Wildman–Crippen MR) is 101 cm³/mol. The van der Waals surface area contributed by atoms with Gasteiger partial charge in [-0.05, 0) is 19.7 Å². The fourth-order valence-electron chi connectivity index (χ4n) is 2.86. The number of rotatable bonds is 9. The molecule has 0 aliphatic carbocycles. The number of nitrogens with one attached hydrogen (secondary N) is 2. The van der Waals surface area contributed by atoms with Crippen molar-refractivity contribution in [1.29, 1.82) is 5.41 Å². The molecule has 0 fully saturated rings. The Balaban J connectivity index is 1.87. The van der Waals surface area contributed by atoms with Crippen molar-refractivity contribution in [2.24, 2.45) is 10.9 Å². The molecule has 1 aromatic carbocycles. The van der Waals surface area contributed by atoms with Gasteiger partial charge in [0.2, 0.25) is 5.91 Å². The summed E-state index contributed by atoms with van der Waals surface area (Å²) in [6.07, 6.45) is 0.0450. The predicted octanol–water partition coefficient (Wildman–Crippen LogP) is 0.375. The molecule has 1 heterocycles. The Bertz CT molecular complexity index is 730. The van der Waals surface area contributed by atoms with Gasteiger partial charge in [-0.3, -0.25) is 15.0 Å². The molecule has 5 N–H and O–H groups in total. The zero-order chi connectivity index (χ0) is 20.0. The number of likely N-dealkylation sites (N-methyl/N-ethyl adjacent to an activating group) is 1. The maximum atomic E-state index is 12.2. The first-order valence-electron chi connectivity index (χ1n) is 8.58. The van der Waals surface area contributed by atoms with Gasteiger partial charge in [-0.1, -0.05) is 29.4 Å².